The lowest BCUT2D eigenvalue weighted by atomic mass is 9.96. The molecule has 3 aromatic rings. The molecular formula is C22H12Cl4F3N3O3. The van der Waals surface area contributed by atoms with E-state index in [4.69, 9.17) is 55.9 Å². The molecule has 0 aliphatic rings. The van der Waals surface area contributed by atoms with E-state index in [1.54, 1.807) is 18.2 Å². The number of para-hydroxylation sites is 1. The number of nitriles is 1. The molecule has 182 valence electrons. The molecule has 0 N–H and O–H groups in total. The molecule has 1 atom stereocenters. The van der Waals surface area contributed by atoms with E-state index in [-0.39, 0.29) is 38.5 Å². The third kappa shape index (κ3) is 6.27. The second-order valence-corrected chi connectivity index (χ2v) is 8.42. The number of hydrogen-bond acceptors (Lipinski definition) is 6. The van der Waals surface area contributed by atoms with Crippen molar-refractivity contribution in [3.05, 3.63) is 80.3 Å². The summed E-state index contributed by atoms with van der Waals surface area (Å²) in [6, 6.07) is 11.5. The fraction of sp³-hybridized carbons (Fsp3) is 0.182. The monoisotopic (exact) mass is 563 g/mol. The van der Waals surface area contributed by atoms with Crippen LogP contribution in [-0.2, 0) is 16.6 Å². The second kappa shape index (κ2) is 10.9. The van der Waals surface area contributed by atoms with Crippen LogP contribution in [0.3, 0.4) is 0 Å². The Morgan fingerprint density at radius 1 is 0.943 bits per heavy atom. The number of halogens is 7. The van der Waals surface area contributed by atoms with Crippen LogP contribution in [-0.4, -0.2) is 22.4 Å². The number of nitrogens with zero attached hydrogens (tertiary/aromatic N) is 3. The minimum Gasteiger partial charge on any atom is -0.492 e. The van der Waals surface area contributed by atoms with Gasteiger partial charge in [0, 0.05) is 12.5 Å². The van der Waals surface area contributed by atoms with E-state index in [1.807, 2.05) is 0 Å². The zero-order valence-electron chi connectivity index (χ0n) is 17.2. The molecule has 35 heavy (non-hydrogen) atoms. The maximum atomic E-state index is 13.3. The van der Waals surface area contributed by atoms with E-state index >= 15 is 0 Å². The highest BCUT2D eigenvalue weighted by Gasteiger charge is 2.47. The van der Waals surface area contributed by atoms with Crippen LogP contribution >= 0.6 is 46.4 Å². The number of ether oxygens (including phenoxy) is 2. The van der Waals surface area contributed by atoms with Gasteiger partial charge < -0.3 is 9.47 Å². The average molecular weight is 565 g/mol. The molecule has 0 amide bonds. The number of carbonyl (C=O) groups is 1. The van der Waals surface area contributed by atoms with Crippen LogP contribution in [0.25, 0.3) is 0 Å². The predicted molar refractivity (Wildman–Crippen MR) is 123 cm³/mol. The third-order valence-electron chi connectivity index (χ3n) is 4.47. The molecule has 1 aromatic heterocycles. The van der Waals surface area contributed by atoms with Crippen LogP contribution in [0, 0.1) is 11.3 Å². The van der Waals surface area contributed by atoms with E-state index in [2.05, 4.69) is 9.97 Å². The van der Waals surface area contributed by atoms with Crippen molar-refractivity contribution in [2.45, 2.75) is 18.2 Å². The SMILES string of the molecule is N#CC(Oc1ccccc1Cl)(C(=O)CCOc1ccc(C(F)(F)F)cc1Cl)c1nc(Cl)cc(Cl)n1. The van der Waals surface area contributed by atoms with Crippen molar-refractivity contribution in [2.75, 3.05) is 6.61 Å². The van der Waals surface area contributed by atoms with Crippen LogP contribution in [0.2, 0.25) is 20.4 Å². The molecule has 0 saturated heterocycles. The summed E-state index contributed by atoms with van der Waals surface area (Å²) >= 11 is 23.9. The summed E-state index contributed by atoms with van der Waals surface area (Å²) in [6.45, 7) is -0.368. The Morgan fingerprint density at radius 2 is 1.60 bits per heavy atom. The quantitative estimate of drug-likeness (QED) is 0.275. The standard InChI is InChI=1S/C22H12Cl4F3N3O3/c23-13-3-1-2-4-16(13)35-21(11-30,20-31-18(25)10-19(26)32-20)17(33)7-8-34-15-6-5-12(9-14(15)24)22(27,28)29/h1-6,9-10H,7-8H2. The van der Waals surface area contributed by atoms with Crippen molar-refractivity contribution < 1.29 is 27.4 Å². The van der Waals surface area contributed by atoms with Crippen LogP contribution in [0.1, 0.15) is 17.8 Å². The maximum Gasteiger partial charge on any atom is 0.416 e. The molecule has 3 rings (SSSR count). The average Bonchev–Trinajstić information content (AvgIpc) is 2.78. The van der Waals surface area contributed by atoms with Gasteiger partial charge in [-0.05, 0) is 30.3 Å². The molecule has 0 aliphatic heterocycles. The second-order valence-electron chi connectivity index (χ2n) is 6.83. The van der Waals surface area contributed by atoms with Crippen molar-refractivity contribution in [2.24, 2.45) is 0 Å². The van der Waals surface area contributed by atoms with Gasteiger partial charge in [0.1, 0.15) is 27.9 Å². The number of ketones is 1. The van der Waals surface area contributed by atoms with Gasteiger partial charge in [-0.2, -0.15) is 18.4 Å². The van der Waals surface area contributed by atoms with E-state index in [9.17, 15) is 23.2 Å². The molecule has 13 heteroatoms. The highest BCUT2D eigenvalue weighted by atomic mass is 35.5. The minimum atomic E-state index is -4.58. The summed E-state index contributed by atoms with van der Waals surface area (Å²) in [6.07, 6.45) is -5.04. The number of rotatable bonds is 8. The molecule has 1 heterocycles. The lowest BCUT2D eigenvalue weighted by Gasteiger charge is -2.25. The van der Waals surface area contributed by atoms with Crippen LogP contribution in [0.15, 0.2) is 48.5 Å². The van der Waals surface area contributed by atoms with Gasteiger partial charge in [0.2, 0.25) is 5.78 Å². The summed E-state index contributed by atoms with van der Waals surface area (Å²) < 4.78 is 49.6. The van der Waals surface area contributed by atoms with Gasteiger partial charge in [-0.25, -0.2) is 9.97 Å². The first kappa shape index (κ1) is 26.8. The van der Waals surface area contributed by atoms with E-state index < -0.39 is 35.4 Å². The summed E-state index contributed by atoms with van der Waals surface area (Å²) in [5.41, 5.74) is -3.38. The summed E-state index contributed by atoms with van der Waals surface area (Å²) in [5.74, 6) is -1.41. The molecule has 0 aliphatic carbocycles. The zero-order chi connectivity index (χ0) is 25.8. The highest BCUT2D eigenvalue weighted by molar-refractivity contribution is 6.33. The van der Waals surface area contributed by atoms with Crippen LogP contribution in [0.5, 0.6) is 11.5 Å². The summed E-state index contributed by atoms with van der Waals surface area (Å²) in [5, 5.41) is 9.52. The molecular weight excluding hydrogens is 553 g/mol. The van der Waals surface area contributed by atoms with E-state index in [0.717, 1.165) is 12.1 Å². The highest BCUT2D eigenvalue weighted by Crippen LogP contribution is 2.36. The van der Waals surface area contributed by atoms with Gasteiger partial charge in [0.05, 0.1) is 22.2 Å². The first-order valence-electron chi connectivity index (χ1n) is 9.54. The number of aromatic nitrogens is 2. The Hall–Kier alpha value is -2.77. The number of carbonyl (C=O) groups excluding carboxylic acids is 1. The molecule has 0 bridgehead atoms. The third-order valence-corrected chi connectivity index (χ3v) is 5.47. The van der Waals surface area contributed by atoms with Crippen LogP contribution < -0.4 is 9.47 Å². The van der Waals surface area contributed by atoms with Crippen molar-refractivity contribution in [3.8, 4) is 17.6 Å². The number of hydrogen-bond donors (Lipinski definition) is 0. The Kier molecular flexibility index (Phi) is 8.34. The maximum absolute atomic E-state index is 13.3. The molecule has 1 unspecified atom stereocenters. The topological polar surface area (TPSA) is 85.1 Å². The Bertz CT molecular complexity index is 1280. The predicted octanol–water partition coefficient (Wildman–Crippen LogP) is 6.95. The Morgan fingerprint density at radius 3 is 2.17 bits per heavy atom. The molecule has 2 aromatic carbocycles. The van der Waals surface area contributed by atoms with Gasteiger partial charge in [-0.15, -0.1) is 0 Å². The van der Waals surface area contributed by atoms with Crippen molar-refractivity contribution in [1.82, 2.24) is 9.97 Å². The van der Waals surface area contributed by atoms with Crippen molar-refractivity contribution in [1.29, 1.82) is 5.26 Å². The molecule has 0 spiro atoms. The van der Waals surface area contributed by atoms with Crippen molar-refractivity contribution >= 4 is 52.2 Å². The van der Waals surface area contributed by atoms with Gasteiger partial charge >= 0.3 is 11.8 Å². The van der Waals surface area contributed by atoms with Gasteiger partial charge in [0.15, 0.2) is 5.82 Å². The smallest absolute Gasteiger partial charge is 0.416 e. The van der Waals surface area contributed by atoms with Gasteiger partial charge in [-0.1, -0.05) is 58.5 Å². The normalized spacial score (nSPS) is 13.0. The first-order valence-corrected chi connectivity index (χ1v) is 11.1. The minimum absolute atomic E-state index is 0.0181. The number of alkyl halides is 3. The molecule has 0 saturated carbocycles. The molecule has 0 radical (unpaired) electrons. The lowest BCUT2D eigenvalue weighted by molar-refractivity contribution is -0.137. The number of benzene rings is 2. The number of Topliss-reactive ketones (excluding diaryl/α,β-unsaturated/α-hetero) is 1. The van der Waals surface area contributed by atoms with E-state index in [0.29, 0.717) is 6.07 Å². The summed E-state index contributed by atoms with van der Waals surface area (Å²) in [4.78, 5) is 21.1. The lowest BCUT2D eigenvalue weighted by Crippen LogP contribution is -2.43. The summed E-state index contributed by atoms with van der Waals surface area (Å²) in [7, 11) is 0. The fourth-order valence-corrected chi connectivity index (χ4v) is 3.66. The molecule has 0 fully saturated rings. The fourth-order valence-electron chi connectivity index (χ4n) is 2.83. The molecule has 6 nitrogen and oxygen atoms in total. The Labute approximate surface area is 217 Å². The van der Waals surface area contributed by atoms with Crippen LogP contribution in [0.4, 0.5) is 13.2 Å². The Balaban J connectivity index is 1.89. The first-order chi connectivity index (χ1) is 16.5. The zero-order valence-corrected chi connectivity index (χ0v) is 20.3. The largest absolute Gasteiger partial charge is 0.492 e. The van der Waals surface area contributed by atoms with Gasteiger partial charge in [-0.3, -0.25) is 4.79 Å². The van der Waals surface area contributed by atoms with Crippen molar-refractivity contribution in [3.63, 3.8) is 0 Å². The van der Waals surface area contributed by atoms with E-state index in [1.165, 1.54) is 18.2 Å². The van der Waals surface area contributed by atoms with Gasteiger partial charge in [0.25, 0.3) is 0 Å².